The fourth-order valence-electron chi connectivity index (χ4n) is 9.21. The molecule has 1 saturated carbocycles. The summed E-state index contributed by atoms with van der Waals surface area (Å²) in [6.45, 7) is 0. The molecule has 0 N–H and O–H groups in total. The highest BCUT2D eigenvalue weighted by atomic mass is 15.2. The standard InChI is InChI=1S/C53H43N3/c1-5-18-42(19-6-1)54(43-20-7-2-8-21-43)46-34-30-40(31-35-46)53(38-15-16-39-53)41-32-36-47(37-33-41)55(44-22-9-3-10-23-44)51-29-17-27-49-48-26-13-14-28-50(48)56(52(49)51)45-24-11-4-12-25-45/h1-14,17-37H,15-16,38-39H2. The Morgan fingerprint density at radius 3 is 1.34 bits per heavy atom. The number of hydrogen-bond acceptors (Lipinski definition) is 2. The molecular formula is C53H43N3. The van der Waals surface area contributed by atoms with Gasteiger partial charge in [0.1, 0.15) is 0 Å². The summed E-state index contributed by atoms with van der Waals surface area (Å²) >= 11 is 0. The zero-order valence-corrected chi connectivity index (χ0v) is 31.4. The summed E-state index contributed by atoms with van der Waals surface area (Å²) in [4.78, 5) is 4.78. The second-order valence-corrected chi connectivity index (χ2v) is 14.9. The smallest absolute Gasteiger partial charge is 0.0782 e. The van der Waals surface area contributed by atoms with Gasteiger partial charge in [-0.3, -0.25) is 0 Å². The van der Waals surface area contributed by atoms with E-state index in [0.717, 1.165) is 52.7 Å². The van der Waals surface area contributed by atoms with Crippen molar-refractivity contribution in [2.75, 3.05) is 9.80 Å². The number of hydrogen-bond donors (Lipinski definition) is 0. The minimum atomic E-state index is -0.0291. The first kappa shape index (κ1) is 33.7. The molecule has 1 fully saturated rings. The Morgan fingerprint density at radius 2 is 0.786 bits per heavy atom. The van der Waals surface area contributed by atoms with Crippen LogP contribution in [0.1, 0.15) is 36.8 Å². The average Bonchev–Trinajstić information content (AvgIpc) is 3.91. The molecule has 270 valence electrons. The van der Waals surface area contributed by atoms with E-state index >= 15 is 0 Å². The van der Waals surface area contributed by atoms with Crippen LogP contribution in [0.2, 0.25) is 0 Å². The first-order chi connectivity index (χ1) is 27.8. The minimum absolute atomic E-state index is 0.0291. The Hall–Kier alpha value is -6.84. The molecule has 0 spiro atoms. The molecular weight excluding hydrogens is 679 g/mol. The molecule has 3 heteroatoms. The van der Waals surface area contributed by atoms with Crippen LogP contribution >= 0.6 is 0 Å². The number of benzene rings is 8. The SMILES string of the molecule is c1ccc(N(c2ccccc2)c2ccc(C3(c4ccc(N(c5ccccc5)c5cccc6c7ccccc7n(-c7ccccc7)c56)cc4)CCCC3)cc2)cc1. The summed E-state index contributed by atoms with van der Waals surface area (Å²) in [5.41, 5.74) is 13.2. The number of para-hydroxylation sites is 6. The number of anilines is 6. The highest BCUT2D eigenvalue weighted by molar-refractivity contribution is 6.14. The monoisotopic (exact) mass is 721 g/mol. The van der Waals surface area contributed by atoms with Crippen LogP contribution in [0, 0.1) is 0 Å². The normalized spacial score (nSPS) is 13.6. The van der Waals surface area contributed by atoms with Crippen LogP contribution in [0.3, 0.4) is 0 Å². The van der Waals surface area contributed by atoms with Gasteiger partial charge in [-0.05, 0) is 109 Å². The third-order valence-electron chi connectivity index (χ3n) is 11.8. The fourth-order valence-corrected chi connectivity index (χ4v) is 9.21. The van der Waals surface area contributed by atoms with E-state index in [4.69, 9.17) is 0 Å². The molecule has 0 radical (unpaired) electrons. The zero-order valence-electron chi connectivity index (χ0n) is 31.4. The third kappa shape index (κ3) is 5.84. The van der Waals surface area contributed by atoms with Gasteiger partial charge in [-0.25, -0.2) is 0 Å². The number of nitrogens with zero attached hydrogens (tertiary/aromatic N) is 3. The van der Waals surface area contributed by atoms with Crippen LogP contribution in [-0.4, -0.2) is 4.57 Å². The Morgan fingerprint density at radius 1 is 0.357 bits per heavy atom. The molecule has 56 heavy (non-hydrogen) atoms. The number of rotatable bonds is 9. The van der Waals surface area contributed by atoms with E-state index in [9.17, 15) is 0 Å². The van der Waals surface area contributed by atoms with E-state index in [0.29, 0.717) is 0 Å². The van der Waals surface area contributed by atoms with Crippen molar-refractivity contribution < 1.29 is 0 Å². The average molecular weight is 722 g/mol. The van der Waals surface area contributed by atoms with Gasteiger partial charge in [-0.2, -0.15) is 0 Å². The van der Waals surface area contributed by atoms with Crippen LogP contribution in [0.25, 0.3) is 27.5 Å². The largest absolute Gasteiger partial charge is 0.311 e. The Bertz CT molecular complexity index is 2670. The predicted octanol–water partition coefficient (Wildman–Crippen LogP) is 14.6. The van der Waals surface area contributed by atoms with Crippen molar-refractivity contribution in [1.29, 1.82) is 0 Å². The van der Waals surface area contributed by atoms with E-state index in [1.165, 1.54) is 45.8 Å². The van der Waals surface area contributed by atoms with Crippen LogP contribution in [0.5, 0.6) is 0 Å². The maximum absolute atomic E-state index is 2.43. The topological polar surface area (TPSA) is 11.4 Å². The Balaban J connectivity index is 1.07. The van der Waals surface area contributed by atoms with E-state index in [1.54, 1.807) is 0 Å². The van der Waals surface area contributed by atoms with Gasteiger partial charge in [-0.1, -0.05) is 140 Å². The Kier molecular flexibility index (Phi) is 8.69. The van der Waals surface area contributed by atoms with Crippen LogP contribution in [0.15, 0.2) is 212 Å². The van der Waals surface area contributed by atoms with Crippen LogP contribution < -0.4 is 9.80 Å². The molecule has 3 nitrogen and oxygen atoms in total. The summed E-state index contributed by atoms with van der Waals surface area (Å²) < 4.78 is 2.43. The zero-order chi connectivity index (χ0) is 37.3. The summed E-state index contributed by atoms with van der Waals surface area (Å²) in [6.07, 6.45) is 4.75. The van der Waals surface area contributed by atoms with Gasteiger partial charge in [0.15, 0.2) is 0 Å². The molecule has 0 atom stereocenters. The molecule has 9 aromatic rings. The van der Waals surface area contributed by atoms with Gasteiger partial charge in [-0.15, -0.1) is 0 Å². The summed E-state index contributed by atoms with van der Waals surface area (Å²) in [5, 5.41) is 2.49. The lowest BCUT2D eigenvalue weighted by molar-refractivity contribution is 0.535. The highest BCUT2D eigenvalue weighted by Gasteiger charge is 2.37. The van der Waals surface area contributed by atoms with Crippen molar-refractivity contribution in [2.45, 2.75) is 31.1 Å². The van der Waals surface area contributed by atoms with E-state index in [2.05, 4.69) is 227 Å². The van der Waals surface area contributed by atoms with E-state index < -0.39 is 0 Å². The van der Waals surface area contributed by atoms with Crippen molar-refractivity contribution in [1.82, 2.24) is 4.57 Å². The van der Waals surface area contributed by atoms with Gasteiger partial charge < -0.3 is 14.4 Å². The quantitative estimate of drug-likeness (QED) is 0.147. The third-order valence-corrected chi connectivity index (χ3v) is 11.8. The summed E-state index contributed by atoms with van der Waals surface area (Å²) in [7, 11) is 0. The molecule has 1 aliphatic carbocycles. The predicted molar refractivity (Wildman–Crippen MR) is 236 cm³/mol. The number of aromatic nitrogens is 1. The first-order valence-corrected chi connectivity index (χ1v) is 19.8. The lowest BCUT2D eigenvalue weighted by atomic mass is 9.73. The number of fused-ring (bicyclic) bond motifs is 3. The maximum atomic E-state index is 2.43. The molecule has 1 aliphatic rings. The van der Waals surface area contributed by atoms with Crippen molar-refractivity contribution in [2.24, 2.45) is 0 Å². The molecule has 0 aliphatic heterocycles. The molecule has 0 saturated heterocycles. The molecule has 1 heterocycles. The second-order valence-electron chi connectivity index (χ2n) is 14.9. The molecule has 8 aromatic carbocycles. The fraction of sp³-hybridized carbons (Fsp3) is 0.0943. The van der Waals surface area contributed by atoms with Gasteiger partial charge in [0.25, 0.3) is 0 Å². The van der Waals surface area contributed by atoms with Crippen molar-refractivity contribution >= 4 is 55.9 Å². The maximum Gasteiger partial charge on any atom is 0.0782 e. The van der Waals surface area contributed by atoms with Crippen molar-refractivity contribution in [3.8, 4) is 5.69 Å². The molecule has 10 rings (SSSR count). The van der Waals surface area contributed by atoms with Gasteiger partial charge in [0, 0.05) is 50.3 Å². The van der Waals surface area contributed by atoms with Crippen molar-refractivity contribution in [3.63, 3.8) is 0 Å². The Labute approximate surface area is 329 Å². The molecule has 0 amide bonds. The highest BCUT2D eigenvalue weighted by Crippen LogP contribution is 2.49. The molecule has 1 aromatic heterocycles. The minimum Gasteiger partial charge on any atom is -0.311 e. The first-order valence-electron chi connectivity index (χ1n) is 19.8. The van der Waals surface area contributed by atoms with Gasteiger partial charge in [0.05, 0.1) is 16.7 Å². The lowest BCUT2D eigenvalue weighted by Crippen LogP contribution is -2.24. The molecule has 0 unspecified atom stereocenters. The summed E-state index contributed by atoms with van der Waals surface area (Å²) in [6, 6.07) is 77.3. The van der Waals surface area contributed by atoms with Gasteiger partial charge in [0.2, 0.25) is 0 Å². The van der Waals surface area contributed by atoms with E-state index in [1.807, 2.05) is 0 Å². The van der Waals surface area contributed by atoms with Crippen LogP contribution in [-0.2, 0) is 5.41 Å². The van der Waals surface area contributed by atoms with Crippen LogP contribution in [0.4, 0.5) is 34.1 Å². The van der Waals surface area contributed by atoms with E-state index in [-0.39, 0.29) is 5.41 Å². The summed E-state index contributed by atoms with van der Waals surface area (Å²) in [5.74, 6) is 0. The second kappa shape index (κ2) is 14.4. The van der Waals surface area contributed by atoms with Crippen molar-refractivity contribution in [3.05, 3.63) is 223 Å². The molecule has 0 bridgehead atoms. The lowest BCUT2D eigenvalue weighted by Gasteiger charge is -2.33. The van der Waals surface area contributed by atoms with Gasteiger partial charge >= 0.3 is 0 Å².